The first-order valence-electron chi connectivity index (χ1n) is 5.88. The SMILES string of the molecule is COc1c(Br)cc(Cl)cc1C(N)c1ccc(C)cc1. The first-order valence-corrected chi connectivity index (χ1v) is 7.05. The zero-order chi connectivity index (χ0) is 14.0. The topological polar surface area (TPSA) is 35.2 Å². The maximum atomic E-state index is 6.32. The number of methoxy groups -OCH3 is 1. The molecule has 0 aliphatic carbocycles. The second kappa shape index (κ2) is 5.95. The van der Waals surface area contributed by atoms with Crippen molar-refractivity contribution in [2.24, 2.45) is 5.73 Å². The van der Waals surface area contributed by atoms with E-state index >= 15 is 0 Å². The van der Waals surface area contributed by atoms with Gasteiger partial charge in [0.1, 0.15) is 5.75 Å². The average Bonchev–Trinajstić information content (AvgIpc) is 2.38. The fourth-order valence-electron chi connectivity index (χ4n) is 1.98. The van der Waals surface area contributed by atoms with Crippen LogP contribution < -0.4 is 10.5 Å². The summed E-state index contributed by atoms with van der Waals surface area (Å²) in [5, 5.41) is 0.630. The van der Waals surface area contributed by atoms with Crippen molar-refractivity contribution in [3.05, 3.63) is 62.6 Å². The Morgan fingerprint density at radius 3 is 2.42 bits per heavy atom. The van der Waals surface area contributed by atoms with Crippen LogP contribution in [-0.2, 0) is 0 Å². The summed E-state index contributed by atoms with van der Waals surface area (Å²) in [6.07, 6.45) is 0. The Morgan fingerprint density at radius 2 is 1.84 bits per heavy atom. The number of halogens is 2. The monoisotopic (exact) mass is 339 g/mol. The maximum absolute atomic E-state index is 6.32. The molecule has 2 aromatic rings. The van der Waals surface area contributed by atoms with Gasteiger partial charge in [0.2, 0.25) is 0 Å². The van der Waals surface area contributed by atoms with Gasteiger partial charge in [0, 0.05) is 10.6 Å². The molecule has 2 aromatic carbocycles. The summed E-state index contributed by atoms with van der Waals surface area (Å²) < 4.78 is 6.22. The van der Waals surface area contributed by atoms with Crippen LogP contribution in [0.4, 0.5) is 0 Å². The fraction of sp³-hybridized carbons (Fsp3) is 0.200. The second-order valence-electron chi connectivity index (χ2n) is 4.40. The molecule has 0 bridgehead atoms. The van der Waals surface area contributed by atoms with Crippen LogP contribution in [0.1, 0.15) is 22.7 Å². The Kier molecular flexibility index (Phi) is 4.50. The molecule has 1 atom stereocenters. The number of benzene rings is 2. The summed E-state index contributed by atoms with van der Waals surface area (Å²) in [6, 6.07) is 11.5. The van der Waals surface area contributed by atoms with E-state index in [0.29, 0.717) is 5.02 Å². The van der Waals surface area contributed by atoms with Crippen molar-refractivity contribution in [1.82, 2.24) is 0 Å². The number of rotatable bonds is 3. The highest BCUT2D eigenvalue weighted by molar-refractivity contribution is 9.10. The molecule has 0 aliphatic rings. The van der Waals surface area contributed by atoms with Crippen LogP contribution in [0.2, 0.25) is 5.02 Å². The Labute approximate surface area is 126 Å². The molecule has 0 radical (unpaired) electrons. The lowest BCUT2D eigenvalue weighted by Gasteiger charge is -2.18. The van der Waals surface area contributed by atoms with E-state index in [1.165, 1.54) is 5.56 Å². The number of ether oxygens (including phenoxy) is 1. The molecule has 0 heterocycles. The lowest BCUT2D eigenvalue weighted by molar-refractivity contribution is 0.405. The van der Waals surface area contributed by atoms with E-state index in [2.05, 4.69) is 15.9 Å². The minimum absolute atomic E-state index is 0.273. The highest BCUT2D eigenvalue weighted by Crippen LogP contribution is 2.37. The normalized spacial score (nSPS) is 12.3. The van der Waals surface area contributed by atoms with Crippen molar-refractivity contribution < 1.29 is 4.74 Å². The van der Waals surface area contributed by atoms with Crippen LogP contribution in [0.5, 0.6) is 5.75 Å². The van der Waals surface area contributed by atoms with E-state index in [1.54, 1.807) is 13.2 Å². The molecule has 2 N–H and O–H groups in total. The van der Waals surface area contributed by atoms with E-state index < -0.39 is 0 Å². The van der Waals surface area contributed by atoms with Gasteiger partial charge >= 0.3 is 0 Å². The molecule has 4 heteroatoms. The third-order valence-corrected chi connectivity index (χ3v) is 3.82. The fourth-order valence-corrected chi connectivity index (χ4v) is 2.98. The van der Waals surface area contributed by atoms with Crippen molar-refractivity contribution >= 4 is 27.5 Å². The molecule has 0 spiro atoms. The first-order chi connectivity index (χ1) is 9.02. The molecule has 0 aromatic heterocycles. The van der Waals surface area contributed by atoms with Gasteiger partial charge in [0.15, 0.2) is 0 Å². The predicted octanol–water partition coefficient (Wildman–Crippen LogP) is 4.47. The molecular weight excluding hydrogens is 326 g/mol. The van der Waals surface area contributed by atoms with Crippen LogP contribution in [0.25, 0.3) is 0 Å². The highest BCUT2D eigenvalue weighted by atomic mass is 79.9. The van der Waals surface area contributed by atoms with Gasteiger partial charge in [-0.2, -0.15) is 0 Å². The van der Waals surface area contributed by atoms with Gasteiger partial charge in [-0.15, -0.1) is 0 Å². The van der Waals surface area contributed by atoms with Gasteiger partial charge in [-0.05, 0) is 40.5 Å². The van der Waals surface area contributed by atoms with E-state index in [1.807, 2.05) is 37.3 Å². The molecule has 0 saturated carbocycles. The molecule has 0 fully saturated rings. The Morgan fingerprint density at radius 1 is 1.21 bits per heavy atom. The van der Waals surface area contributed by atoms with Gasteiger partial charge in [-0.25, -0.2) is 0 Å². The van der Waals surface area contributed by atoms with Crippen molar-refractivity contribution in [3.63, 3.8) is 0 Å². The van der Waals surface area contributed by atoms with Crippen LogP contribution in [0, 0.1) is 6.92 Å². The molecule has 0 amide bonds. The van der Waals surface area contributed by atoms with Crippen molar-refractivity contribution in [2.75, 3.05) is 7.11 Å². The molecule has 2 rings (SSSR count). The summed E-state index contributed by atoms with van der Waals surface area (Å²) in [6.45, 7) is 2.05. The standard InChI is InChI=1S/C15H15BrClNO/c1-9-3-5-10(6-4-9)14(18)12-7-11(17)8-13(16)15(12)19-2/h3-8,14H,18H2,1-2H3. The van der Waals surface area contributed by atoms with Crippen LogP contribution in [0.3, 0.4) is 0 Å². The maximum Gasteiger partial charge on any atom is 0.138 e. The molecular formula is C15H15BrClNO. The van der Waals surface area contributed by atoms with E-state index in [0.717, 1.165) is 21.3 Å². The summed E-state index contributed by atoms with van der Waals surface area (Å²) in [5.41, 5.74) is 9.42. The molecule has 1 unspecified atom stereocenters. The van der Waals surface area contributed by atoms with Gasteiger partial charge in [0.25, 0.3) is 0 Å². The van der Waals surface area contributed by atoms with Gasteiger partial charge in [0.05, 0.1) is 17.6 Å². The third-order valence-electron chi connectivity index (χ3n) is 3.01. The van der Waals surface area contributed by atoms with Crippen LogP contribution in [-0.4, -0.2) is 7.11 Å². The molecule has 0 saturated heterocycles. The van der Waals surface area contributed by atoms with Crippen molar-refractivity contribution in [1.29, 1.82) is 0 Å². The lowest BCUT2D eigenvalue weighted by atomic mass is 9.98. The summed E-state index contributed by atoms with van der Waals surface area (Å²) in [7, 11) is 1.62. The highest BCUT2D eigenvalue weighted by Gasteiger charge is 2.17. The van der Waals surface area contributed by atoms with Gasteiger partial charge in [-0.3, -0.25) is 0 Å². The van der Waals surface area contributed by atoms with Crippen molar-refractivity contribution in [2.45, 2.75) is 13.0 Å². The molecule has 19 heavy (non-hydrogen) atoms. The summed E-state index contributed by atoms with van der Waals surface area (Å²) >= 11 is 9.54. The van der Waals surface area contributed by atoms with Gasteiger partial charge in [-0.1, -0.05) is 41.4 Å². The van der Waals surface area contributed by atoms with Crippen LogP contribution >= 0.6 is 27.5 Å². The quantitative estimate of drug-likeness (QED) is 0.895. The smallest absolute Gasteiger partial charge is 0.138 e. The van der Waals surface area contributed by atoms with Crippen molar-refractivity contribution in [3.8, 4) is 5.75 Å². The third kappa shape index (κ3) is 3.11. The van der Waals surface area contributed by atoms with E-state index in [-0.39, 0.29) is 6.04 Å². The van der Waals surface area contributed by atoms with Gasteiger partial charge < -0.3 is 10.5 Å². The predicted molar refractivity (Wildman–Crippen MR) is 82.9 cm³/mol. The van der Waals surface area contributed by atoms with E-state index in [9.17, 15) is 0 Å². The summed E-state index contributed by atoms with van der Waals surface area (Å²) in [4.78, 5) is 0. The molecule has 0 aliphatic heterocycles. The number of hydrogen-bond acceptors (Lipinski definition) is 2. The minimum Gasteiger partial charge on any atom is -0.495 e. The Hall–Kier alpha value is -1.03. The summed E-state index contributed by atoms with van der Waals surface area (Å²) in [5.74, 6) is 0.720. The second-order valence-corrected chi connectivity index (χ2v) is 5.69. The lowest BCUT2D eigenvalue weighted by Crippen LogP contribution is -2.13. The number of hydrogen-bond donors (Lipinski definition) is 1. The number of aryl methyl sites for hydroxylation is 1. The van der Waals surface area contributed by atoms with E-state index in [4.69, 9.17) is 22.1 Å². The van der Waals surface area contributed by atoms with Crippen LogP contribution in [0.15, 0.2) is 40.9 Å². The Balaban J connectivity index is 2.48. The number of nitrogens with two attached hydrogens (primary N) is 1. The molecule has 2 nitrogen and oxygen atoms in total. The first kappa shape index (κ1) is 14.4. The minimum atomic E-state index is -0.273. The Bertz CT molecular complexity index is 583. The largest absolute Gasteiger partial charge is 0.495 e. The zero-order valence-corrected chi connectivity index (χ0v) is 13.1. The average molecular weight is 341 g/mol. The molecule has 100 valence electrons. The zero-order valence-electron chi connectivity index (χ0n) is 10.8.